The Kier molecular flexibility index (Phi) is 3.50. The summed E-state index contributed by atoms with van der Waals surface area (Å²) in [5, 5.41) is 7.43. The van der Waals surface area contributed by atoms with Crippen molar-refractivity contribution in [3.8, 4) is 11.5 Å². The molecule has 1 aliphatic rings. The van der Waals surface area contributed by atoms with Gasteiger partial charge in [0.1, 0.15) is 12.0 Å². The van der Waals surface area contributed by atoms with Crippen LogP contribution in [0.2, 0.25) is 0 Å². The van der Waals surface area contributed by atoms with Crippen LogP contribution in [-0.2, 0) is 0 Å². The lowest BCUT2D eigenvalue weighted by atomic mass is 9.90. The maximum absolute atomic E-state index is 5.37. The minimum absolute atomic E-state index is 0.168. The molecule has 1 aliphatic heterocycles. The number of nitrogens with one attached hydrogen (secondary N) is 1. The topological polar surface area (TPSA) is 76.7 Å². The first kappa shape index (κ1) is 12.2. The summed E-state index contributed by atoms with van der Waals surface area (Å²) in [6, 6.07) is 1.94. The van der Waals surface area contributed by atoms with E-state index in [0.717, 1.165) is 18.9 Å². The van der Waals surface area contributed by atoms with Crippen molar-refractivity contribution in [2.24, 2.45) is 5.92 Å². The minimum Gasteiger partial charge on any atom is -0.337 e. The second-order valence-electron chi connectivity index (χ2n) is 4.86. The van der Waals surface area contributed by atoms with Gasteiger partial charge in [0.2, 0.25) is 11.7 Å². The fraction of sp³-hybridized carbons (Fsp3) is 0.538. The lowest BCUT2D eigenvalue weighted by Gasteiger charge is -2.27. The molecule has 0 aliphatic carbocycles. The second kappa shape index (κ2) is 5.44. The van der Waals surface area contributed by atoms with Gasteiger partial charge < -0.3 is 9.84 Å². The molecular formula is C13H17N5O. The molecule has 0 bridgehead atoms. The van der Waals surface area contributed by atoms with Gasteiger partial charge in [-0.2, -0.15) is 4.98 Å². The fourth-order valence-electron chi connectivity index (χ4n) is 2.46. The van der Waals surface area contributed by atoms with Crippen LogP contribution in [0.5, 0.6) is 0 Å². The Morgan fingerprint density at radius 3 is 3.21 bits per heavy atom. The first-order valence-electron chi connectivity index (χ1n) is 6.70. The summed E-state index contributed by atoms with van der Waals surface area (Å²) in [7, 11) is 0. The Bertz CT molecular complexity index is 527. The summed E-state index contributed by atoms with van der Waals surface area (Å²) < 4.78 is 5.37. The minimum atomic E-state index is 0.168. The standard InChI is InChI=1S/C13H17N5O/c1-2-9-3-6-15-11(7-9)13-17-12(18-19-13)10-4-5-14-8-16-10/h4-5,8-9,11,15H,2-3,6-7H2,1H3. The van der Waals surface area contributed by atoms with E-state index < -0.39 is 0 Å². The molecule has 3 rings (SSSR count). The fourth-order valence-corrected chi connectivity index (χ4v) is 2.46. The van der Waals surface area contributed by atoms with Crippen LogP contribution in [0.25, 0.3) is 11.5 Å². The monoisotopic (exact) mass is 259 g/mol. The van der Waals surface area contributed by atoms with Gasteiger partial charge >= 0.3 is 0 Å². The zero-order valence-corrected chi connectivity index (χ0v) is 10.9. The number of hydrogen-bond acceptors (Lipinski definition) is 6. The van der Waals surface area contributed by atoms with Crippen molar-refractivity contribution in [1.82, 2.24) is 25.4 Å². The third-order valence-electron chi connectivity index (χ3n) is 3.64. The van der Waals surface area contributed by atoms with Gasteiger partial charge in [0.25, 0.3) is 0 Å². The lowest BCUT2D eigenvalue weighted by molar-refractivity contribution is 0.246. The average molecular weight is 259 g/mol. The Morgan fingerprint density at radius 1 is 1.47 bits per heavy atom. The maximum Gasteiger partial charge on any atom is 0.244 e. The Labute approximate surface area is 111 Å². The van der Waals surface area contributed by atoms with Crippen LogP contribution in [0.15, 0.2) is 23.1 Å². The number of hydrogen-bond donors (Lipinski definition) is 1. The van der Waals surface area contributed by atoms with Crippen LogP contribution in [0.1, 0.15) is 38.1 Å². The van der Waals surface area contributed by atoms with Gasteiger partial charge in [-0.1, -0.05) is 18.5 Å². The SMILES string of the molecule is CCC1CCNC(c2nc(-c3ccncn3)no2)C1. The van der Waals surface area contributed by atoms with E-state index >= 15 is 0 Å². The third-order valence-corrected chi connectivity index (χ3v) is 3.64. The molecule has 0 saturated carbocycles. The molecule has 0 amide bonds. The first-order chi connectivity index (χ1) is 9.36. The van der Waals surface area contributed by atoms with Gasteiger partial charge in [0.15, 0.2) is 0 Å². The number of aromatic nitrogens is 4. The summed E-state index contributed by atoms with van der Waals surface area (Å²) in [4.78, 5) is 12.4. The molecule has 1 saturated heterocycles. The molecule has 1 fully saturated rings. The predicted octanol–water partition coefficient (Wildman–Crippen LogP) is 1.98. The molecule has 0 aromatic carbocycles. The Hall–Kier alpha value is -1.82. The van der Waals surface area contributed by atoms with Crippen molar-refractivity contribution in [2.45, 2.75) is 32.2 Å². The molecule has 19 heavy (non-hydrogen) atoms. The van der Waals surface area contributed by atoms with Gasteiger partial charge in [0.05, 0.1) is 6.04 Å². The quantitative estimate of drug-likeness (QED) is 0.908. The average Bonchev–Trinajstić information content (AvgIpc) is 2.98. The number of rotatable bonds is 3. The van der Waals surface area contributed by atoms with E-state index in [1.165, 1.54) is 19.2 Å². The third kappa shape index (κ3) is 2.63. The molecule has 2 aromatic heterocycles. The molecular weight excluding hydrogens is 242 g/mol. The van der Waals surface area contributed by atoms with Crippen molar-refractivity contribution >= 4 is 0 Å². The van der Waals surface area contributed by atoms with Crippen LogP contribution >= 0.6 is 0 Å². The highest BCUT2D eigenvalue weighted by molar-refractivity contribution is 5.46. The zero-order chi connectivity index (χ0) is 13.1. The largest absolute Gasteiger partial charge is 0.337 e. The van der Waals surface area contributed by atoms with Gasteiger partial charge in [-0.15, -0.1) is 0 Å². The molecule has 2 aromatic rings. The zero-order valence-electron chi connectivity index (χ0n) is 10.9. The summed E-state index contributed by atoms with van der Waals surface area (Å²) in [6.45, 7) is 3.24. The molecule has 2 unspecified atom stereocenters. The highest BCUT2D eigenvalue weighted by Gasteiger charge is 2.26. The molecule has 0 radical (unpaired) electrons. The highest BCUT2D eigenvalue weighted by Crippen LogP contribution is 2.28. The van der Waals surface area contributed by atoms with Crippen molar-refractivity contribution in [3.63, 3.8) is 0 Å². The van der Waals surface area contributed by atoms with Crippen LogP contribution in [0.4, 0.5) is 0 Å². The van der Waals surface area contributed by atoms with Crippen molar-refractivity contribution in [2.75, 3.05) is 6.54 Å². The number of piperidine rings is 1. The van der Waals surface area contributed by atoms with Crippen LogP contribution < -0.4 is 5.32 Å². The summed E-state index contributed by atoms with van der Waals surface area (Å²) >= 11 is 0. The van der Waals surface area contributed by atoms with Crippen molar-refractivity contribution in [1.29, 1.82) is 0 Å². The predicted molar refractivity (Wildman–Crippen MR) is 69.1 cm³/mol. The number of nitrogens with zero attached hydrogens (tertiary/aromatic N) is 4. The van der Waals surface area contributed by atoms with Gasteiger partial charge in [0, 0.05) is 6.20 Å². The first-order valence-corrected chi connectivity index (χ1v) is 6.70. The second-order valence-corrected chi connectivity index (χ2v) is 4.86. The molecule has 0 spiro atoms. The summed E-state index contributed by atoms with van der Waals surface area (Å²) in [6.07, 6.45) is 6.63. The van der Waals surface area contributed by atoms with Gasteiger partial charge in [-0.05, 0) is 31.4 Å². The van der Waals surface area contributed by atoms with Crippen LogP contribution in [0, 0.1) is 5.92 Å². The molecule has 3 heterocycles. The van der Waals surface area contributed by atoms with E-state index in [9.17, 15) is 0 Å². The molecule has 6 nitrogen and oxygen atoms in total. The van der Waals surface area contributed by atoms with Crippen molar-refractivity contribution in [3.05, 3.63) is 24.5 Å². The van der Waals surface area contributed by atoms with E-state index in [1.54, 1.807) is 12.3 Å². The summed E-state index contributed by atoms with van der Waals surface area (Å²) in [5.74, 6) is 1.92. The van der Waals surface area contributed by atoms with Crippen LogP contribution in [-0.4, -0.2) is 26.7 Å². The molecule has 1 N–H and O–H groups in total. The van der Waals surface area contributed by atoms with E-state index in [-0.39, 0.29) is 6.04 Å². The summed E-state index contributed by atoms with van der Waals surface area (Å²) in [5.41, 5.74) is 0.688. The van der Waals surface area contributed by atoms with E-state index in [4.69, 9.17) is 4.52 Å². The lowest BCUT2D eigenvalue weighted by Crippen LogP contribution is -2.31. The molecule has 6 heteroatoms. The Morgan fingerprint density at radius 2 is 2.42 bits per heavy atom. The molecule has 2 atom stereocenters. The van der Waals surface area contributed by atoms with E-state index in [0.29, 0.717) is 17.4 Å². The van der Waals surface area contributed by atoms with Gasteiger partial charge in [-0.3, -0.25) is 0 Å². The Balaban J connectivity index is 1.78. The van der Waals surface area contributed by atoms with Gasteiger partial charge in [-0.25, -0.2) is 9.97 Å². The van der Waals surface area contributed by atoms with Crippen molar-refractivity contribution < 1.29 is 4.52 Å². The smallest absolute Gasteiger partial charge is 0.244 e. The molecule has 100 valence electrons. The van der Waals surface area contributed by atoms with Crippen LogP contribution in [0.3, 0.4) is 0 Å². The highest BCUT2D eigenvalue weighted by atomic mass is 16.5. The maximum atomic E-state index is 5.37. The van der Waals surface area contributed by atoms with E-state index in [2.05, 4.69) is 32.3 Å². The normalized spacial score (nSPS) is 23.4. The van der Waals surface area contributed by atoms with E-state index in [1.807, 2.05) is 0 Å².